The zero-order chi connectivity index (χ0) is 15.9. The third kappa shape index (κ3) is 2.71. The van der Waals surface area contributed by atoms with Gasteiger partial charge in [0.25, 0.3) is 0 Å². The van der Waals surface area contributed by atoms with E-state index in [1.807, 2.05) is 27.7 Å². The van der Waals surface area contributed by atoms with Crippen LogP contribution in [0.4, 0.5) is 11.4 Å². The van der Waals surface area contributed by atoms with Crippen molar-refractivity contribution in [2.45, 2.75) is 34.6 Å². The van der Waals surface area contributed by atoms with Crippen LogP contribution in [0.25, 0.3) is 0 Å². The molecule has 0 aliphatic rings. The minimum atomic E-state index is -0.0649. The number of phenolic OH excluding ortho intramolecular Hbond substituents is 1. The molecule has 4 heteroatoms. The molecular weight excluding hydrogens is 286 g/mol. The Balaban J connectivity index is 2.66. The first kappa shape index (κ1) is 15.7. The molecule has 2 aromatic carbocycles. The molecule has 0 aliphatic carbocycles. The summed E-state index contributed by atoms with van der Waals surface area (Å²) in [5, 5.41) is 24.1. The van der Waals surface area contributed by atoms with Gasteiger partial charge in [-0.2, -0.15) is 5.06 Å². The summed E-state index contributed by atoms with van der Waals surface area (Å²) in [4.78, 5) is 0. The Bertz CT molecular complexity index is 684. The zero-order valence-electron chi connectivity index (χ0n) is 12.9. The quantitative estimate of drug-likeness (QED) is 0.787. The Labute approximate surface area is 130 Å². The van der Waals surface area contributed by atoms with E-state index in [4.69, 9.17) is 11.6 Å². The Morgan fingerprint density at radius 3 is 1.95 bits per heavy atom. The van der Waals surface area contributed by atoms with Crippen LogP contribution in [-0.4, -0.2) is 5.11 Å². The average Bonchev–Trinajstić information content (AvgIpc) is 2.40. The van der Waals surface area contributed by atoms with Crippen LogP contribution >= 0.6 is 11.6 Å². The molecular formula is C17H19ClNO2. The lowest BCUT2D eigenvalue weighted by atomic mass is 9.98. The summed E-state index contributed by atoms with van der Waals surface area (Å²) in [7, 11) is 0. The Kier molecular flexibility index (Phi) is 4.17. The molecule has 0 heterocycles. The van der Waals surface area contributed by atoms with E-state index in [1.54, 1.807) is 6.92 Å². The van der Waals surface area contributed by atoms with Crippen LogP contribution in [0.15, 0.2) is 18.2 Å². The monoisotopic (exact) mass is 304 g/mol. The Morgan fingerprint density at radius 1 is 0.905 bits per heavy atom. The highest BCUT2D eigenvalue weighted by atomic mass is 35.5. The van der Waals surface area contributed by atoms with Gasteiger partial charge in [-0.05, 0) is 74.6 Å². The van der Waals surface area contributed by atoms with E-state index >= 15 is 0 Å². The van der Waals surface area contributed by atoms with E-state index < -0.39 is 0 Å². The van der Waals surface area contributed by atoms with E-state index in [0.29, 0.717) is 10.7 Å². The van der Waals surface area contributed by atoms with Crippen molar-refractivity contribution in [3.05, 3.63) is 51.0 Å². The topological polar surface area (TPSA) is 43.4 Å². The summed E-state index contributed by atoms with van der Waals surface area (Å²) < 4.78 is 0. The van der Waals surface area contributed by atoms with Gasteiger partial charge in [-0.15, -0.1) is 0 Å². The van der Waals surface area contributed by atoms with Crippen LogP contribution in [0.3, 0.4) is 0 Å². The number of nitrogens with zero attached hydrogens (tertiary/aromatic N) is 1. The molecule has 0 fully saturated rings. The minimum Gasteiger partial charge on any atom is -0.506 e. The molecule has 0 unspecified atom stereocenters. The van der Waals surface area contributed by atoms with Crippen LogP contribution in [-0.2, 0) is 5.21 Å². The van der Waals surface area contributed by atoms with E-state index in [2.05, 4.69) is 6.07 Å². The van der Waals surface area contributed by atoms with Gasteiger partial charge in [0, 0.05) is 5.02 Å². The third-order valence-corrected chi connectivity index (χ3v) is 4.41. The van der Waals surface area contributed by atoms with Gasteiger partial charge in [-0.25, -0.2) is 0 Å². The highest BCUT2D eigenvalue weighted by Crippen LogP contribution is 2.39. The summed E-state index contributed by atoms with van der Waals surface area (Å²) in [5.41, 5.74) is 5.39. The molecule has 1 radical (unpaired) electrons. The number of benzene rings is 2. The second kappa shape index (κ2) is 5.58. The van der Waals surface area contributed by atoms with Crippen molar-refractivity contribution in [3.63, 3.8) is 0 Å². The maximum atomic E-state index is 12.8. The van der Waals surface area contributed by atoms with Crippen LogP contribution in [0, 0.1) is 34.6 Å². The normalized spacial score (nSPS) is 10.8. The predicted octanol–water partition coefficient (Wildman–Crippen LogP) is 5.07. The number of hydrogen-bond acceptors (Lipinski definition) is 2. The summed E-state index contributed by atoms with van der Waals surface area (Å²) >= 11 is 6.08. The lowest BCUT2D eigenvalue weighted by Gasteiger charge is -2.23. The lowest BCUT2D eigenvalue weighted by molar-refractivity contribution is 0.193. The first-order valence-corrected chi connectivity index (χ1v) is 7.15. The lowest BCUT2D eigenvalue weighted by Crippen LogP contribution is -2.13. The molecule has 0 aromatic heterocycles. The van der Waals surface area contributed by atoms with Crippen molar-refractivity contribution < 1.29 is 10.3 Å². The average molecular weight is 305 g/mol. The largest absolute Gasteiger partial charge is 0.506 e. The standard InChI is InChI=1S/C17H19ClNO2/c1-9-6-10(2)13(5)17(12(9)4)19(21)15-8-14(18)11(3)7-16(15)20/h6-8,20H,1-5H3. The maximum absolute atomic E-state index is 12.8. The van der Waals surface area contributed by atoms with Crippen molar-refractivity contribution in [1.82, 2.24) is 0 Å². The summed E-state index contributed by atoms with van der Waals surface area (Å²) in [6.07, 6.45) is 0. The predicted molar refractivity (Wildman–Crippen MR) is 86.1 cm³/mol. The molecule has 0 saturated heterocycles. The zero-order valence-corrected chi connectivity index (χ0v) is 13.7. The summed E-state index contributed by atoms with van der Waals surface area (Å²) in [5.74, 6) is -0.0649. The molecule has 2 aromatic rings. The van der Waals surface area contributed by atoms with Crippen molar-refractivity contribution >= 4 is 23.0 Å². The summed E-state index contributed by atoms with van der Waals surface area (Å²) in [6, 6.07) is 5.08. The molecule has 21 heavy (non-hydrogen) atoms. The van der Waals surface area contributed by atoms with Crippen LogP contribution in [0.5, 0.6) is 5.75 Å². The van der Waals surface area contributed by atoms with Gasteiger partial charge in [0.15, 0.2) is 0 Å². The molecule has 2 rings (SSSR count). The van der Waals surface area contributed by atoms with Crippen molar-refractivity contribution in [1.29, 1.82) is 0 Å². The summed E-state index contributed by atoms with van der Waals surface area (Å²) in [6.45, 7) is 9.56. The van der Waals surface area contributed by atoms with Gasteiger partial charge in [0.1, 0.15) is 11.4 Å². The maximum Gasteiger partial charge on any atom is 0.142 e. The highest BCUT2D eigenvalue weighted by molar-refractivity contribution is 6.31. The van der Waals surface area contributed by atoms with Crippen LogP contribution < -0.4 is 5.06 Å². The number of anilines is 2. The minimum absolute atomic E-state index is 0.0649. The molecule has 0 amide bonds. The second-order valence-electron chi connectivity index (χ2n) is 5.49. The number of hydrogen-bond donors (Lipinski definition) is 1. The molecule has 3 nitrogen and oxygen atoms in total. The van der Waals surface area contributed by atoms with Crippen LogP contribution in [0.1, 0.15) is 27.8 Å². The van der Waals surface area contributed by atoms with Crippen molar-refractivity contribution in [2.24, 2.45) is 0 Å². The molecule has 0 aliphatic heterocycles. The molecule has 0 saturated carbocycles. The molecule has 1 N–H and O–H groups in total. The van der Waals surface area contributed by atoms with Gasteiger partial charge < -0.3 is 5.11 Å². The van der Waals surface area contributed by atoms with Crippen molar-refractivity contribution in [2.75, 3.05) is 5.06 Å². The van der Waals surface area contributed by atoms with E-state index in [1.165, 1.54) is 12.1 Å². The van der Waals surface area contributed by atoms with E-state index in [-0.39, 0.29) is 11.4 Å². The van der Waals surface area contributed by atoms with Gasteiger partial charge in [-0.3, -0.25) is 0 Å². The number of phenols is 1. The highest BCUT2D eigenvalue weighted by Gasteiger charge is 2.20. The molecule has 0 atom stereocenters. The fourth-order valence-electron chi connectivity index (χ4n) is 2.44. The molecule has 0 bridgehead atoms. The third-order valence-electron chi connectivity index (χ3n) is 4.00. The number of rotatable bonds is 2. The smallest absolute Gasteiger partial charge is 0.142 e. The van der Waals surface area contributed by atoms with Crippen LogP contribution in [0.2, 0.25) is 5.02 Å². The first-order chi connectivity index (χ1) is 9.73. The Morgan fingerprint density at radius 2 is 1.43 bits per heavy atom. The van der Waals surface area contributed by atoms with Crippen molar-refractivity contribution in [3.8, 4) is 5.75 Å². The molecule has 111 valence electrons. The number of halogens is 1. The van der Waals surface area contributed by atoms with E-state index in [0.717, 1.165) is 32.9 Å². The fraction of sp³-hybridized carbons (Fsp3) is 0.294. The van der Waals surface area contributed by atoms with Gasteiger partial charge in [0.2, 0.25) is 0 Å². The second-order valence-corrected chi connectivity index (χ2v) is 5.90. The fourth-order valence-corrected chi connectivity index (χ4v) is 2.60. The van der Waals surface area contributed by atoms with Gasteiger partial charge in [0.05, 0.1) is 5.69 Å². The molecule has 0 spiro atoms. The van der Waals surface area contributed by atoms with Gasteiger partial charge >= 0.3 is 0 Å². The number of aryl methyl sites for hydroxylation is 3. The first-order valence-electron chi connectivity index (χ1n) is 6.77. The Hall–Kier alpha value is -1.71. The van der Waals surface area contributed by atoms with Gasteiger partial charge in [-0.1, -0.05) is 22.9 Å². The SMILES string of the molecule is Cc1cc(O)c(N([O])c2c(C)c(C)cc(C)c2C)cc1Cl. The number of aromatic hydroxyl groups is 1. The van der Waals surface area contributed by atoms with E-state index in [9.17, 15) is 10.3 Å².